The van der Waals surface area contributed by atoms with Crippen LogP contribution in [0.25, 0.3) is 0 Å². The summed E-state index contributed by atoms with van der Waals surface area (Å²) in [7, 11) is 0. The minimum absolute atomic E-state index is 0. The summed E-state index contributed by atoms with van der Waals surface area (Å²) in [6.07, 6.45) is 0. The summed E-state index contributed by atoms with van der Waals surface area (Å²) in [6, 6.07) is 0. The van der Waals surface area contributed by atoms with Gasteiger partial charge in [0.15, 0.2) is 0 Å². The van der Waals surface area contributed by atoms with Crippen molar-refractivity contribution in [2.75, 3.05) is 0 Å². The molecule has 0 rings (SSSR count). The quantitative estimate of drug-likeness (QED) is 0.122. The van der Waals surface area contributed by atoms with E-state index in [0.29, 0.717) is 0 Å². The van der Waals surface area contributed by atoms with Crippen molar-refractivity contribution in [2.45, 2.75) is 0 Å². The van der Waals surface area contributed by atoms with Gasteiger partial charge in [0.1, 0.15) is 0 Å². The van der Waals surface area contributed by atoms with Crippen molar-refractivity contribution < 1.29 is 104 Å². The molecular formula is H12CeN8O18+4. The zero-order valence-electron chi connectivity index (χ0n) is 12.2. The topological polar surface area (TPSA) is 450 Å². The van der Waals surface area contributed by atoms with E-state index in [1.165, 1.54) is 0 Å². The Labute approximate surface area is 176 Å². The maximum atomic E-state index is 8.36. The maximum absolute atomic E-state index is 8.36. The molecule has 0 saturated carbocycles. The molecule has 0 aromatic carbocycles. The molecule has 0 unspecified atom stereocenters. The van der Waals surface area contributed by atoms with E-state index in [4.69, 9.17) is 91.9 Å². The van der Waals surface area contributed by atoms with E-state index in [1.807, 2.05) is 0 Å². The van der Waals surface area contributed by atoms with E-state index in [1.54, 1.807) is 0 Å². The summed E-state index contributed by atoms with van der Waals surface area (Å²) in [5.74, 6) is 0. The fourth-order valence-corrected chi connectivity index (χ4v) is 0. The average molecular weight is 552 g/mol. The predicted octanol–water partition coefficient (Wildman–Crippen LogP) is -1.76. The molecule has 0 bridgehead atoms. The van der Waals surface area contributed by atoms with Crippen LogP contribution in [-0.2, 0) is 0 Å². The second-order valence-electron chi connectivity index (χ2n) is 1.43. The van der Waals surface area contributed by atoms with Crippen molar-refractivity contribution >= 4 is 0 Å². The average Bonchev–Trinajstić information content (AvgIpc) is 2.08. The SMILES string of the molecule is N.N.O=[N+]([O-])O.O=[N+]([O-])O.O=[N+]([O-])O.O=[N+]([O-])O.O=[N+]([O-])O.O=[N+]([O-])O.[Ce+4]. The summed E-state index contributed by atoms with van der Waals surface area (Å²) >= 11 is 0. The van der Waals surface area contributed by atoms with E-state index >= 15 is 0 Å². The van der Waals surface area contributed by atoms with Gasteiger partial charge < -0.3 is 43.5 Å². The van der Waals surface area contributed by atoms with Crippen molar-refractivity contribution in [1.82, 2.24) is 12.3 Å². The van der Waals surface area contributed by atoms with Crippen LogP contribution in [0.1, 0.15) is 0 Å². The number of nitrogens with zero attached hydrogens (tertiary/aromatic N) is 6. The minimum Gasteiger partial charge on any atom is -0.344 e. The molecule has 0 aliphatic rings. The van der Waals surface area contributed by atoms with Crippen LogP contribution < -0.4 is 12.3 Å². The van der Waals surface area contributed by atoms with Crippen molar-refractivity contribution in [3.63, 3.8) is 0 Å². The van der Waals surface area contributed by atoms with Gasteiger partial charge in [-0.15, -0.1) is 60.7 Å². The molecule has 0 aromatic heterocycles. The molecule has 0 spiro atoms. The molecule has 0 heterocycles. The molecule has 27 heavy (non-hydrogen) atoms. The van der Waals surface area contributed by atoms with Crippen LogP contribution in [0.2, 0.25) is 0 Å². The van der Waals surface area contributed by atoms with Gasteiger partial charge in [0.25, 0.3) is 30.5 Å². The Morgan fingerprint density at radius 2 is 0.370 bits per heavy atom. The van der Waals surface area contributed by atoms with Crippen molar-refractivity contribution in [3.05, 3.63) is 60.7 Å². The Balaban J connectivity index is -0.0000000201. The zero-order chi connectivity index (χ0) is 21.5. The smallest absolute Gasteiger partial charge is 0.344 e. The first kappa shape index (κ1) is 56.6. The molecule has 0 aliphatic heterocycles. The van der Waals surface area contributed by atoms with Crippen LogP contribution >= 0.6 is 0 Å². The standard InChI is InChI=1S/Ce.6HNO3.2H3N/c;6*2-1(3)4;;/h;6*(H,2,3,4);2*1H3/q+4;;;;;;;;. The summed E-state index contributed by atoms with van der Waals surface area (Å²) in [6.45, 7) is 0. The zero-order valence-corrected chi connectivity index (χ0v) is 15.3. The molecule has 160 valence electrons. The second kappa shape index (κ2) is 49.5. The largest absolute Gasteiger partial charge is 4.00 e. The molecule has 0 fully saturated rings. The third kappa shape index (κ3) is 770. The number of hydrogen-bond donors (Lipinski definition) is 8. The van der Waals surface area contributed by atoms with Crippen LogP contribution in [0.3, 0.4) is 0 Å². The van der Waals surface area contributed by atoms with Crippen LogP contribution in [0.4, 0.5) is 0 Å². The van der Waals surface area contributed by atoms with Gasteiger partial charge in [-0.05, 0) is 0 Å². The molecule has 0 saturated heterocycles. The monoisotopic (exact) mass is 552 g/mol. The van der Waals surface area contributed by atoms with Gasteiger partial charge in [0.2, 0.25) is 0 Å². The van der Waals surface area contributed by atoms with Crippen molar-refractivity contribution in [1.29, 1.82) is 0 Å². The van der Waals surface area contributed by atoms with Crippen LogP contribution in [0, 0.1) is 102 Å². The minimum atomic E-state index is -1.50. The summed E-state index contributed by atoms with van der Waals surface area (Å²) in [4.78, 5) is 50.2. The molecule has 12 N–H and O–H groups in total. The Morgan fingerprint density at radius 1 is 0.370 bits per heavy atom. The van der Waals surface area contributed by atoms with Crippen LogP contribution in [0.15, 0.2) is 0 Å². The van der Waals surface area contributed by atoms with Gasteiger partial charge >= 0.3 is 41.7 Å². The summed E-state index contributed by atoms with van der Waals surface area (Å²) in [5.41, 5.74) is 0. The molecule has 27 heteroatoms. The van der Waals surface area contributed by atoms with E-state index in [9.17, 15) is 0 Å². The van der Waals surface area contributed by atoms with Gasteiger partial charge in [0, 0.05) is 0 Å². The second-order valence-corrected chi connectivity index (χ2v) is 1.43. The van der Waals surface area contributed by atoms with Crippen LogP contribution in [0.5, 0.6) is 0 Å². The van der Waals surface area contributed by atoms with E-state index in [2.05, 4.69) is 0 Å². The van der Waals surface area contributed by atoms with Crippen LogP contribution in [-0.4, -0.2) is 61.8 Å². The summed E-state index contributed by atoms with van der Waals surface area (Å²) in [5, 5.41) is 81.8. The molecule has 0 aromatic rings. The van der Waals surface area contributed by atoms with Gasteiger partial charge in [0.05, 0.1) is 0 Å². The number of rotatable bonds is 0. The molecule has 0 radical (unpaired) electrons. The molecule has 0 aliphatic carbocycles. The molecular weight excluding hydrogens is 540 g/mol. The van der Waals surface area contributed by atoms with E-state index < -0.39 is 30.5 Å². The first-order valence-corrected chi connectivity index (χ1v) is 3.39. The van der Waals surface area contributed by atoms with Gasteiger partial charge in [-0.2, -0.15) is 0 Å². The summed E-state index contributed by atoms with van der Waals surface area (Å²) < 4.78 is 0. The Morgan fingerprint density at radius 3 is 0.370 bits per heavy atom. The number of hydrogen-bond acceptors (Lipinski definition) is 14. The molecule has 0 atom stereocenters. The Hall–Kier alpha value is -3.50. The Bertz CT molecular complexity index is 260. The third-order valence-corrected chi connectivity index (χ3v) is 0. The fourth-order valence-electron chi connectivity index (χ4n) is 0. The normalized spacial score (nSPS) is 5.33. The molecule has 0 amide bonds. The van der Waals surface area contributed by atoms with Gasteiger partial charge in [-0.3, -0.25) is 0 Å². The Kier molecular flexibility index (Phi) is 104. The van der Waals surface area contributed by atoms with E-state index in [-0.39, 0.29) is 54.0 Å². The third-order valence-electron chi connectivity index (χ3n) is 0. The predicted molar refractivity (Wildman–Crippen MR) is 62.7 cm³/mol. The van der Waals surface area contributed by atoms with Crippen molar-refractivity contribution in [2.24, 2.45) is 0 Å². The molecule has 26 nitrogen and oxygen atoms in total. The van der Waals surface area contributed by atoms with Crippen molar-refractivity contribution in [3.8, 4) is 0 Å². The maximum Gasteiger partial charge on any atom is 4.00 e. The first-order chi connectivity index (χ1) is 10.4. The van der Waals surface area contributed by atoms with Gasteiger partial charge in [-0.1, -0.05) is 0 Å². The van der Waals surface area contributed by atoms with E-state index in [0.717, 1.165) is 0 Å². The first-order valence-electron chi connectivity index (χ1n) is 3.39. The van der Waals surface area contributed by atoms with Gasteiger partial charge in [-0.25, -0.2) is 0 Å². The fraction of sp³-hybridized carbons (Fsp3) is 0.